The van der Waals surface area contributed by atoms with Gasteiger partial charge in [0.15, 0.2) is 0 Å². The van der Waals surface area contributed by atoms with Gasteiger partial charge < -0.3 is 9.64 Å². The first-order valence-corrected chi connectivity index (χ1v) is 13.3. The molecule has 10 heteroatoms. The number of rotatable bonds is 5. The van der Waals surface area contributed by atoms with Crippen LogP contribution in [0.15, 0.2) is 77.7 Å². The number of benzene rings is 3. The molecule has 3 aromatic rings. The van der Waals surface area contributed by atoms with Crippen molar-refractivity contribution in [3.05, 3.63) is 95.3 Å². The lowest BCUT2D eigenvalue weighted by Crippen LogP contribution is -2.48. The summed E-state index contributed by atoms with van der Waals surface area (Å²) in [5.74, 6) is -0.511. The molecule has 0 unspecified atom stereocenters. The van der Waals surface area contributed by atoms with E-state index in [1.165, 1.54) is 12.1 Å². The smallest absolute Gasteiger partial charge is 0.410 e. The number of halogens is 3. The van der Waals surface area contributed by atoms with Gasteiger partial charge in [0.05, 0.1) is 10.6 Å². The van der Waals surface area contributed by atoms with Gasteiger partial charge in [0.25, 0.3) is 16.4 Å². The van der Waals surface area contributed by atoms with Crippen LogP contribution in [-0.4, -0.2) is 39.0 Å². The molecule has 3 aromatic carbocycles. The lowest BCUT2D eigenvalue weighted by molar-refractivity contribution is 0.0788. The molecule has 0 bridgehead atoms. The van der Waals surface area contributed by atoms with Crippen molar-refractivity contribution in [2.24, 2.45) is 0 Å². The largest absolute Gasteiger partial charge is 0.445 e. The van der Waals surface area contributed by atoms with Gasteiger partial charge in [-0.15, -0.1) is 0 Å². The average Bonchev–Trinajstić information content (AvgIpc) is 3.24. The van der Waals surface area contributed by atoms with E-state index in [1.807, 2.05) is 30.3 Å². The summed E-state index contributed by atoms with van der Waals surface area (Å²) < 4.78 is 74.8. The van der Waals surface area contributed by atoms with Crippen LogP contribution in [0.3, 0.4) is 0 Å². The number of carbonyl (C=O) groups excluding carboxylic acids is 1. The van der Waals surface area contributed by atoms with Crippen molar-refractivity contribution in [2.45, 2.75) is 36.2 Å². The van der Waals surface area contributed by atoms with E-state index in [4.69, 9.17) is 4.74 Å². The Morgan fingerprint density at radius 1 is 0.946 bits per heavy atom. The highest BCUT2D eigenvalue weighted by atomic mass is 32.2. The molecular weight excluding hydrogens is 505 g/mol. The van der Waals surface area contributed by atoms with E-state index in [9.17, 15) is 22.0 Å². The van der Waals surface area contributed by atoms with Crippen molar-refractivity contribution in [3.63, 3.8) is 0 Å². The molecule has 0 saturated carbocycles. The number of carbonyl (C=O) groups is 1. The summed E-state index contributed by atoms with van der Waals surface area (Å²) in [4.78, 5) is 14.0. The first-order chi connectivity index (χ1) is 17.7. The molecule has 6 nitrogen and oxygen atoms in total. The van der Waals surface area contributed by atoms with Crippen molar-refractivity contribution in [2.75, 3.05) is 23.9 Å². The Morgan fingerprint density at radius 3 is 2.27 bits per heavy atom. The molecule has 1 fully saturated rings. The summed E-state index contributed by atoms with van der Waals surface area (Å²) in [6.45, 7) is 0.682. The molecule has 0 atom stereocenters. The van der Waals surface area contributed by atoms with Crippen molar-refractivity contribution in [1.82, 2.24) is 4.90 Å². The second kappa shape index (κ2) is 9.74. The number of anilines is 1. The number of hydrogen-bond donors (Lipinski definition) is 0. The highest BCUT2D eigenvalue weighted by Gasteiger charge is 2.50. The normalized spacial score (nSPS) is 16.8. The molecule has 5 rings (SSSR count). The van der Waals surface area contributed by atoms with Gasteiger partial charge in [0, 0.05) is 36.2 Å². The maximum Gasteiger partial charge on any atom is 0.410 e. The van der Waals surface area contributed by atoms with Crippen LogP contribution in [0.2, 0.25) is 0 Å². The Labute approximate surface area is 213 Å². The lowest BCUT2D eigenvalue weighted by atomic mass is 9.74. The predicted molar refractivity (Wildman–Crippen MR) is 131 cm³/mol. The maximum absolute atomic E-state index is 15.2. The average molecular weight is 531 g/mol. The second-order valence-corrected chi connectivity index (χ2v) is 11.2. The van der Waals surface area contributed by atoms with Crippen molar-refractivity contribution < 1.29 is 31.1 Å². The summed E-state index contributed by atoms with van der Waals surface area (Å²) in [6.07, 6.45) is -2.50. The van der Waals surface area contributed by atoms with Crippen LogP contribution in [0.4, 0.5) is 23.7 Å². The number of hydrogen-bond acceptors (Lipinski definition) is 4. The third-order valence-corrected chi connectivity index (χ3v) is 8.91. The number of alkyl halides is 2. The van der Waals surface area contributed by atoms with E-state index in [0.717, 1.165) is 34.1 Å². The van der Waals surface area contributed by atoms with Crippen LogP contribution < -0.4 is 4.31 Å². The fraction of sp³-hybridized carbons (Fsp3) is 0.296. The molecule has 194 valence electrons. The van der Waals surface area contributed by atoms with Gasteiger partial charge in [0.1, 0.15) is 12.4 Å². The van der Waals surface area contributed by atoms with Gasteiger partial charge in [-0.2, -0.15) is 0 Å². The second-order valence-electron chi connectivity index (χ2n) is 9.32. The minimum absolute atomic E-state index is 0.00486. The molecule has 37 heavy (non-hydrogen) atoms. The number of piperidine rings is 1. The number of nitrogens with zero attached hydrogens (tertiary/aromatic N) is 2. The molecule has 1 spiro atoms. The van der Waals surface area contributed by atoms with Crippen LogP contribution in [-0.2, 0) is 26.8 Å². The minimum atomic E-state index is -4.14. The summed E-state index contributed by atoms with van der Waals surface area (Å²) in [6, 6.07) is 18.0. The number of amides is 1. The summed E-state index contributed by atoms with van der Waals surface area (Å²) in [5.41, 5.74) is 0.291. The molecule has 1 saturated heterocycles. The van der Waals surface area contributed by atoms with E-state index >= 15 is 4.39 Å². The Kier molecular flexibility index (Phi) is 6.61. The Bertz CT molecular complexity index is 1390. The molecule has 2 aliphatic heterocycles. The van der Waals surface area contributed by atoms with Crippen molar-refractivity contribution in [3.8, 4) is 0 Å². The Hall–Kier alpha value is -3.53. The quantitative estimate of drug-likeness (QED) is 0.428. The molecule has 2 aliphatic rings. The van der Waals surface area contributed by atoms with Gasteiger partial charge in [0.2, 0.25) is 0 Å². The SMILES string of the molecule is O=C(OCc1ccccc1)N1CCC2(CC1)CN(S(=O)(=O)c1ccc(C(F)F)cc1)c1cccc(F)c12. The molecule has 2 heterocycles. The Morgan fingerprint density at radius 2 is 1.62 bits per heavy atom. The first kappa shape index (κ1) is 25.1. The molecular formula is C27H25F3N2O4S. The van der Waals surface area contributed by atoms with Crippen LogP contribution in [0.5, 0.6) is 0 Å². The molecule has 0 radical (unpaired) electrons. The zero-order valence-electron chi connectivity index (χ0n) is 19.8. The van der Waals surface area contributed by atoms with E-state index in [2.05, 4.69) is 0 Å². The summed E-state index contributed by atoms with van der Waals surface area (Å²) in [5, 5.41) is 0. The molecule has 0 aliphatic carbocycles. The van der Waals surface area contributed by atoms with E-state index < -0.39 is 33.8 Å². The number of ether oxygens (including phenoxy) is 1. The van der Waals surface area contributed by atoms with Crippen LogP contribution in [0.25, 0.3) is 0 Å². The van der Waals surface area contributed by atoms with Gasteiger partial charge >= 0.3 is 6.09 Å². The van der Waals surface area contributed by atoms with Gasteiger partial charge in [-0.3, -0.25) is 4.31 Å². The van der Waals surface area contributed by atoms with Crippen LogP contribution in [0.1, 0.15) is 36.0 Å². The standard InChI is InChI=1S/C27H25F3N2O4S/c28-22-7-4-8-23-24(22)27(18-32(23)37(34,35)21-11-9-20(10-12-21)25(29)30)13-15-31(16-14-27)26(33)36-17-19-5-2-1-3-6-19/h1-12,25H,13-18H2. The predicted octanol–water partition coefficient (Wildman–Crippen LogP) is 5.64. The van der Waals surface area contributed by atoms with Crippen molar-refractivity contribution >= 4 is 21.8 Å². The van der Waals surface area contributed by atoms with E-state index in [-0.39, 0.29) is 42.4 Å². The number of likely N-dealkylation sites (tertiary alicyclic amines) is 1. The van der Waals surface area contributed by atoms with Gasteiger partial charge in [-0.25, -0.2) is 26.4 Å². The van der Waals surface area contributed by atoms with Crippen molar-refractivity contribution in [1.29, 1.82) is 0 Å². The third-order valence-electron chi connectivity index (χ3n) is 7.14. The zero-order valence-corrected chi connectivity index (χ0v) is 20.6. The maximum atomic E-state index is 15.2. The monoisotopic (exact) mass is 530 g/mol. The van der Waals surface area contributed by atoms with Crippen LogP contribution in [0, 0.1) is 5.82 Å². The zero-order chi connectivity index (χ0) is 26.2. The minimum Gasteiger partial charge on any atom is -0.445 e. The van der Waals surface area contributed by atoms with Gasteiger partial charge in [-0.05, 0) is 42.7 Å². The highest BCUT2D eigenvalue weighted by molar-refractivity contribution is 7.92. The number of fused-ring (bicyclic) bond motifs is 2. The first-order valence-electron chi connectivity index (χ1n) is 11.9. The Balaban J connectivity index is 1.36. The van der Waals surface area contributed by atoms with Gasteiger partial charge in [-0.1, -0.05) is 48.5 Å². The lowest BCUT2D eigenvalue weighted by Gasteiger charge is -2.39. The summed E-state index contributed by atoms with van der Waals surface area (Å²) >= 11 is 0. The third kappa shape index (κ3) is 4.66. The molecule has 0 aromatic heterocycles. The highest BCUT2D eigenvalue weighted by Crippen LogP contribution is 2.50. The fourth-order valence-electron chi connectivity index (χ4n) is 5.15. The fourth-order valence-corrected chi connectivity index (χ4v) is 6.71. The molecule has 0 N–H and O–H groups in total. The number of sulfonamides is 1. The summed E-state index contributed by atoms with van der Waals surface area (Å²) in [7, 11) is -4.14. The van der Waals surface area contributed by atoms with E-state index in [0.29, 0.717) is 18.4 Å². The van der Waals surface area contributed by atoms with Crippen LogP contribution >= 0.6 is 0 Å². The van der Waals surface area contributed by atoms with E-state index in [1.54, 1.807) is 11.0 Å². The molecule has 1 amide bonds. The topological polar surface area (TPSA) is 66.9 Å².